The first kappa shape index (κ1) is 28.5. The molecule has 0 aromatic heterocycles. The maximum atomic E-state index is 15.8. The maximum absolute atomic E-state index is 15.8. The Balaban J connectivity index is 1.38. The molecule has 1 aliphatic heterocycles. The summed E-state index contributed by atoms with van der Waals surface area (Å²) in [5, 5.41) is 0. The van der Waals surface area contributed by atoms with Gasteiger partial charge in [-0.3, -0.25) is 0 Å². The first-order valence-electron chi connectivity index (χ1n) is 13.6. The van der Waals surface area contributed by atoms with Crippen LogP contribution in [0, 0.1) is 6.92 Å². The van der Waals surface area contributed by atoms with Crippen molar-refractivity contribution in [2.24, 2.45) is 0 Å². The fourth-order valence-corrected chi connectivity index (χ4v) is 5.63. The Bertz CT molecular complexity index is 1270. The van der Waals surface area contributed by atoms with E-state index in [1.165, 1.54) is 5.56 Å². The molecule has 4 aromatic rings. The van der Waals surface area contributed by atoms with Crippen molar-refractivity contribution in [3.63, 3.8) is 0 Å². The molecular weight excluding hydrogens is 523 g/mol. The van der Waals surface area contributed by atoms with Crippen molar-refractivity contribution in [2.75, 3.05) is 5.75 Å². The largest absolute Gasteiger partial charge is 0.368 e. The van der Waals surface area contributed by atoms with E-state index < -0.39 is 30.8 Å². The number of benzene rings is 4. The highest BCUT2D eigenvalue weighted by Gasteiger charge is 2.48. The van der Waals surface area contributed by atoms with Crippen molar-refractivity contribution in [1.29, 1.82) is 0 Å². The maximum Gasteiger partial charge on any atom is 0.228 e. The number of alkyl halides is 1. The van der Waals surface area contributed by atoms with Crippen LogP contribution in [-0.2, 0) is 38.8 Å². The van der Waals surface area contributed by atoms with Crippen LogP contribution in [0.3, 0.4) is 0 Å². The highest BCUT2D eigenvalue weighted by atomic mass is 32.2. The molecule has 1 saturated heterocycles. The van der Waals surface area contributed by atoms with Gasteiger partial charge in [-0.2, -0.15) is 0 Å². The molecule has 0 bridgehead atoms. The van der Waals surface area contributed by atoms with Gasteiger partial charge in [0.2, 0.25) is 6.36 Å². The van der Waals surface area contributed by atoms with Gasteiger partial charge in [-0.05, 0) is 35.7 Å². The summed E-state index contributed by atoms with van der Waals surface area (Å²) in [6.07, 6.45) is -4.38. The zero-order chi connectivity index (χ0) is 27.6. The van der Waals surface area contributed by atoms with Gasteiger partial charge in [-0.15, -0.1) is 11.8 Å². The monoisotopic (exact) mass is 558 g/mol. The highest BCUT2D eigenvalue weighted by Crippen LogP contribution is 2.34. The van der Waals surface area contributed by atoms with Crippen molar-refractivity contribution in [2.45, 2.75) is 62.4 Å². The Kier molecular flexibility index (Phi) is 10.4. The number of ether oxygens (including phenoxy) is 4. The lowest BCUT2D eigenvalue weighted by Crippen LogP contribution is -2.59. The Morgan fingerprint density at radius 3 is 1.55 bits per heavy atom. The third kappa shape index (κ3) is 8.03. The van der Waals surface area contributed by atoms with E-state index in [1.807, 2.05) is 91.0 Å². The predicted molar refractivity (Wildman–Crippen MR) is 157 cm³/mol. The fourth-order valence-electron chi connectivity index (χ4n) is 4.68. The average molecular weight is 559 g/mol. The van der Waals surface area contributed by atoms with Crippen LogP contribution >= 0.6 is 11.8 Å². The van der Waals surface area contributed by atoms with Crippen LogP contribution in [0.25, 0.3) is 0 Å². The lowest BCUT2D eigenvalue weighted by atomic mass is 9.99. The summed E-state index contributed by atoms with van der Waals surface area (Å²) in [4.78, 5) is 1.09. The van der Waals surface area contributed by atoms with Crippen LogP contribution in [0.4, 0.5) is 4.39 Å². The Hall–Kier alpha value is -3.00. The molecule has 208 valence electrons. The van der Waals surface area contributed by atoms with E-state index in [2.05, 4.69) is 31.2 Å². The van der Waals surface area contributed by atoms with Crippen molar-refractivity contribution in [3.8, 4) is 0 Å². The van der Waals surface area contributed by atoms with E-state index in [0.29, 0.717) is 19.0 Å². The van der Waals surface area contributed by atoms with Gasteiger partial charge in [0.05, 0.1) is 25.9 Å². The summed E-state index contributed by atoms with van der Waals surface area (Å²) in [7, 11) is 0. The summed E-state index contributed by atoms with van der Waals surface area (Å²) in [6, 6.07) is 37.9. The molecule has 0 spiro atoms. The van der Waals surface area contributed by atoms with Crippen molar-refractivity contribution in [1.82, 2.24) is 0 Å². The molecule has 4 aromatic carbocycles. The quantitative estimate of drug-likeness (QED) is 0.168. The first-order valence-corrected chi connectivity index (χ1v) is 14.6. The van der Waals surface area contributed by atoms with Crippen molar-refractivity contribution >= 4 is 11.8 Å². The number of thioether (sulfide) groups is 1. The van der Waals surface area contributed by atoms with E-state index in [-0.39, 0.29) is 6.61 Å². The van der Waals surface area contributed by atoms with Crippen LogP contribution in [-0.4, -0.2) is 36.5 Å². The molecule has 1 heterocycles. The van der Waals surface area contributed by atoms with Gasteiger partial charge >= 0.3 is 0 Å². The first-order chi connectivity index (χ1) is 19.7. The second-order valence-electron chi connectivity index (χ2n) is 9.93. The lowest BCUT2D eigenvalue weighted by molar-refractivity contribution is -0.287. The SMILES string of the molecule is Cc1ccc(SC[C@H]2O[C@@H](F)[C@H](OCc3ccccc3)[C@@H](OCc3ccccc3)[C@@H]2OCc2ccccc2)cc1. The Morgan fingerprint density at radius 2 is 1.05 bits per heavy atom. The molecule has 0 saturated carbocycles. The van der Waals surface area contributed by atoms with Crippen LogP contribution in [0.5, 0.6) is 0 Å². The molecule has 1 fully saturated rings. The zero-order valence-electron chi connectivity index (χ0n) is 22.6. The van der Waals surface area contributed by atoms with Gasteiger partial charge in [0.15, 0.2) is 0 Å². The number of hydrogen-bond donors (Lipinski definition) is 0. The van der Waals surface area contributed by atoms with Gasteiger partial charge in [-0.1, -0.05) is 109 Å². The summed E-state index contributed by atoms with van der Waals surface area (Å²) in [5.74, 6) is 0.513. The predicted octanol–water partition coefficient (Wildman–Crippen LogP) is 7.54. The van der Waals surface area contributed by atoms with Gasteiger partial charge < -0.3 is 18.9 Å². The topological polar surface area (TPSA) is 36.9 Å². The molecule has 0 amide bonds. The molecule has 1 aliphatic rings. The number of rotatable bonds is 12. The van der Waals surface area contributed by atoms with E-state index in [9.17, 15) is 0 Å². The molecule has 0 aliphatic carbocycles. The molecule has 40 heavy (non-hydrogen) atoms. The smallest absolute Gasteiger partial charge is 0.228 e. The van der Waals surface area contributed by atoms with Crippen LogP contribution in [0.2, 0.25) is 0 Å². The van der Waals surface area contributed by atoms with Gasteiger partial charge in [-0.25, -0.2) is 4.39 Å². The molecule has 0 unspecified atom stereocenters. The van der Waals surface area contributed by atoms with Crippen LogP contribution in [0.1, 0.15) is 22.3 Å². The summed E-state index contributed by atoms with van der Waals surface area (Å²) in [6.45, 7) is 2.97. The minimum absolute atomic E-state index is 0.245. The average Bonchev–Trinajstić information content (AvgIpc) is 3.00. The normalized spacial score (nSPS) is 22.7. The van der Waals surface area contributed by atoms with Crippen LogP contribution < -0.4 is 0 Å². The highest BCUT2D eigenvalue weighted by molar-refractivity contribution is 7.99. The summed E-state index contributed by atoms with van der Waals surface area (Å²) in [5.41, 5.74) is 4.17. The zero-order valence-corrected chi connectivity index (χ0v) is 23.4. The minimum atomic E-state index is -1.66. The number of hydrogen-bond acceptors (Lipinski definition) is 5. The third-order valence-corrected chi connectivity index (χ3v) is 7.97. The van der Waals surface area contributed by atoms with Gasteiger partial charge in [0, 0.05) is 10.6 Å². The van der Waals surface area contributed by atoms with Gasteiger partial charge in [0.1, 0.15) is 18.3 Å². The number of halogens is 1. The molecule has 0 radical (unpaired) electrons. The Labute approximate surface area is 240 Å². The fraction of sp³-hybridized carbons (Fsp3) is 0.294. The standard InChI is InChI=1S/C34H35FO4S/c1-25-17-19-29(20-18-25)40-24-30-31(36-21-26-11-5-2-6-12-26)32(37-22-27-13-7-3-8-14-27)33(34(35)39-30)38-23-28-15-9-4-10-16-28/h2-20,30-34H,21-24H2,1H3/t30-,31-,32+,33-,34-/m1/s1. The van der Waals surface area contributed by atoms with Crippen molar-refractivity contribution in [3.05, 3.63) is 138 Å². The summed E-state index contributed by atoms with van der Waals surface area (Å²) >= 11 is 1.62. The van der Waals surface area contributed by atoms with Gasteiger partial charge in [0.25, 0.3) is 0 Å². The van der Waals surface area contributed by atoms with Crippen LogP contribution in [0.15, 0.2) is 120 Å². The van der Waals surface area contributed by atoms with E-state index in [1.54, 1.807) is 11.8 Å². The molecule has 0 N–H and O–H groups in total. The molecule has 5 rings (SSSR count). The molecule has 4 nitrogen and oxygen atoms in total. The second kappa shape index (κ2) is 14.6. The molecular formula is C34H35FO4S. The number of aryl methyl sites for hydroxylation is 1. The van der Waals surface area contributed by atoms with Crippen molar-refractivity contribution < 1.29 is 23.3 Å². The van der Waals surface area contributed by atoms with E-state index in [4.69, 9.17) is 18.9 Å². The molecule has 5 atom stereocenters. The lowest BCUT2D eigenvalue weighted by Gasteiger charge is -2.43. The summed E-state index contributed by atoms with van der Waals surface area (Å²) < 4.78 is 40.9. The molecule has 6 heteroatoms. The van der Waals surface area contributed by atoms with E-state index in [0.717, 1.165) is 21.6 Å². The third-order valence-electron chi connectivity index (χ3n) is 6.87. The minimum Gasteiger partial charge on any atom is -0.368 e. The second-order valence-corrected chi connectivity index (χ2v) is 11.0. The van der Waals surface area contributed by atoms with E-state index >= 15 is 4.39 Å². The Morgan fingerprint density at radius 1 is 0.600 bits per heavy atom.